The summed E-state index contributed by atoms with van der Waals surface area (Å²) in [5.41, 5.74) is 1.39. The summed E-state index contributed by atoms with van der Waals surface area (Å²) in [4.78, 5) is 17.2. The fourth-order valence-corrected chi connectivity index (χ4v) is 5.00. The summed E-state index contributed by atoms with van der Waals surface area (Å²) in [7, 11) is -3.76. The second-order valence-electron chi connectivity index (χ2n) is 6.65. The van der Waals surface area contributed by atoms with Crippen LogP contribution in [0.25, 0.3) is 10.2 Å². The van der Waals surface area contributed by atoms with E-state index < -0.39 is 10.0 Å². The second kappa shape index (κ2) is 9.15. The van der Waals surface area contributed by atoms with Crippen LogP contribution < -0.4 is 14.8 Å². The Kier molecular flexibility index (Phi) is 6.31. The zero-order chi connectivity index (χ0) is 22.7. The van der Waals surface area contributed by atoms with Gasteiger partial charge in [-0.1, -0.05) is 29.0 Å². The van der Waals surface area contributed by atoms with E-state index in [0.29, 0.717) is 39.3 Å². The maximum Gasteiger partial charge on any atom is 0.261 e. The molecule has 32 heavy (non-hydrogen) atoms. The van der Waals surface area contributed by atoms with E-state index >= 15 is 0 Å². The minimum atomic E-state index is -3.76. The molecule has 0 spiro atoms. The number of rotatable bonds is 7. The van der Waals surface area contributed by atoms with E-state index in [9.17, 15) is 13.2 Å². The Morgan fingerprint density at radius 1 is 1.06 bits per heavy atom. The van der Waals surface area contributed by atoms with Crippen LogP contribution in [-0.2, 0) is 10.0 Å². The quantitative estimate of drug-likeness (QED) is 0.363. The Balaban J connectivity index is 1.47. The molecule has 0 atom stereocenters. The Bertz CT molecular complexity index is 1370. The molecular formula is C22H18ClN3O4S2. The summed E-state index contributed by atoms with van der Waals surface area (Å²) in [6.07, 6.45) is 0. The van der Waals surface area contributed by atoms with Gasteiger partial charge < -0.3 is 4.74 Å². The van der Waals surface area contributed by atoms with Crippen LogP contribution in [0.1, 0.15) is 17.3 Å². The molecule has 1 heterocycles. The molecule has 1 amide bonds. The van der Waals surface area contributed by atoms with Crippen LogP contribution in [0.15, 0.2) is 71.6 Å². The third-order valence-electron chi connectivity index (χ3n) is 4.43. The number of carbonyl (C=O) groups is 1. The minimum Gasteiger partial charge on any atom is -0.492 e. The van der Waals surface area contributed by atoms with E-state index in [-0.39, 0.29) is 10.8 Å². The van der Waals surface area contributed by atoms with Crippen molar-refractivity contribution in [3.05, 3.63) is 77.3 Å². The number of ether oxygens (including phenoxy) is 1. The normalized spacial score (nSPS) is 11.3. The maximum atomic E-state index is 12.6. The summed E-state index contributed by atoms with van der Waals surface area (Å²) in [6.45, 7) is 2.42. The molecule has 164 valence electrons. The number of hydrogen-bond acceptors (Lipinski definition) is 6. The number of anilines is 2. The highest BCUT2D eigenvalue weighted by Gasteiger charge is 2.15. The predicted molar refractivity (Wildman–Crippen MR) is 127 cm³/mol. The van der Waals surface area contributed by atoms with E-state index in [4.69, 9.17) is 16.3 Å². The SMILES string of the molecule is CCOc1cccc2sc(NC(=O)c3ccc(NS(=O)(=O)c4ccc(Cl)cc4)cc3)nc12. The molecule has 0 radical (unpaired) electrons. The topological polar surface area (TPSA) is 97.4 Å². The van der Waals surface area contributed by atoms with Gasteiger partial charge in [-0.25, -0.2) is 13.4 Å². The molecule has 0 aliphatic rings. The summed E-state index contributed by atoms with van der Waals surface area (Å²) in [6, 6.07) is 17.6. The van der Waals surface area contributed by atoms with Crippen LogP contribution in [-0.4, -0.2) is 25.9 Å². The molecule has 0 unspecified atom stereocenters. The van der Waals surface area contributed by atoms with Crippen molar-refractivity contribution in [3.63, 3.8) is 0 Å². The van der Waals surface area contributed by atoms with Gasteiger partial charge >= 0.3 is 0 Å². The maximum absolute atomic E-state index is 12.6. The third-order valence-corrected chi connectivity index (χ3v) is 7.01. The van der Waals surface area contributed by atoms with E-state index in [2.05, 4.69) is 15.0 Å². The number of carbonyl (C=O) groups excluding carboxylic acids is 1. The van der Waals surface area contributed by atoms with E-state index in [1.54, 1.807) is 0 Å². The highest BCUT2D eigenvalue weighted by Crippen LogP contribution is 2.32. The smallest absolute Gasteiger partial charge is 0.261 e. The van der Waals surface area contributed by atoms with Crippen LogP contribution >= 0.6 is 22.9 Å². The lowest BCUT2D eigenvalue weighted by molar-refractivity contribution is 0.102. The van der Waals surface area contributed by atoms with Crippen LogP contribution in [0, 0.1) is 0 Å². The molecular weight excluding hydrogens is 470 g/mol. The van der Waals surface area contributed by atoms with Crippen molar-refractivity contribution in [2.24, 2.45) is 0 Å². The molecule has 1 aromatic heterocycles. The minimum absolute atomic E-state index is 0.0889. The van der Waals surface area contributed by atoms with Gasteiger partial charge in [-0.05, 0) is 67.6 Å². The molecule has 0 aliphatic carbocycles. The number of fused-ring (bicyclic) bond motifs is 1. The van der Waals surface area contributed by atoms with Crippen molar-refractivity contribution in [1.29, 1.82) is 0 Å². The monoisotopic (exact) mass is 487 g/mol. The van der Waals surface area contributed by atoms with Gasteiger partial charge in [-0.15, -0.1) is 0 Å². The number of thiazole rings is 1. The summed E-state index contributed by atoms with van der Waals surface area (Å²) in [5, 5.41) is 3.67. The number of sulfonamides is 1. The first kappa shape index (κ1) is 22.1. The van der Waals surface area contributed by atoms with E-state index in [1.807, 2.05) is 25.1 Å². The van der Waals surface area contributed by atoms with Crippen LogP contribution in [0.5, 0.6) is 5.75 Å². The molecule has 0 saturated heterocycles. The summed E-state index contributed by atoms with van der Waals surface area (Å²) in [5.74, 6) is 0.313. The van der Waals surface area contributed by atoms with Gasteiger partial charge in [-0.3, -0.25) is 14.8 Å². The Morgan fingerprint density at radius 3 is 2.47 bits per heavy atom. The largest absolute Gasteiger partial charge is 0.492 e. The number of nitrogens with zero attached hydrogens (tertiary/aromatic N) is 1. The lowest BCUT2D eigenvalue weighted by atomic mass is 10.2. The first-order valence-electron chi connectivity index (χ1n) is 9.58. The Morgan fingerprint density at radius 2 is 1.78 bits per heavy atom. The number of benzene rings is 3. The van der Waals surface area contributed by atoms with Gasteiger partial charge in [0.1, 0.15) is 11.3 Å². The van der Waals surface area contributed by atoms with Crippen molar-refractivity contribution in [2.45, 2.75) is 11.8 Å². The molecule has 10 heteroatoms. The molecule has 7 nitrogen and oxygen atoms in total. The number of para-hydroxylation sites is 1. The first-order chi connectivity index (χ1) is 15.4. The highest BCUT2D eigenvalue weighted by molar-refractivity contribution is 7.92. The fraction of sp³-hybridized carbons (Fsp3) is 0.0909. The van der Waals surface area contributed by atoms with Gasteiger partial charge in [-0.2, -0.15) is 0 Å². The molecule has 0 bridgehead atoms. The van der Waals surface area contributed by atoms with Crippen LogP contribution in [0.2, 0.25) is 5.02 Å². The van der Waals surface area contributed by atoms with Crippen LogP contribution in [0.3, 0.4) is 0 Å². The third kappa shape index (κ3) is 4.85. The van der Waals surface area contributed by atoms with Crippen molar-refractivity contribution < 1.29 is 17.9 Å². The standard InChI is InChI=1S/C22H18ClN3O4S2/c1-2-30-18-4-3-5-19-20(18)24-22(31-19)25-21(27)14-6-10-16(11-7-14)26-32(28,29)17-12-8-15(23)9-13-17/h3-13,26H,2H2,1H3,(H,24,25,27). The number of amides is 1. The van der Waals surface area contributed by atoms with Crippen molar-refractivity contribution in [2.75, 3.05) is 16.6 Å². The molecule has 0 saturated carbocycles. The summed E-state index contributed by atoms with van der Waals surface area (Å²) >= 11 is 7.15. The molecule has 0 fully saturated rings. The van der Waals surface area contributed by atoms with Gasteiger partial charge in [0.2, 0.25) is 0 Å². The number of halogens is 1. The zero-order valence-corrected chi connectivity index (χ0v) is 19.2. The molecule has 4 aromatic rings. The Hall–Kier alpha value is -3.14. The molecule has 2 N–H and O–H groups in total. The lowest BCUT2D eigenvalue weighted by Crippen LogP contribution is -2.14. The predicted octanol–water partition coefficient (Wildman–Crippen LogP) is 5.40. The first-order valence-corrected chi connectivity index (χ1v) is 12.3. The van der Waals surface area contributed by atoms with Gasteiger partial charge in [0.15, 0.2) is 5.13 Å². The zero-order valence-electron chi connectivity index (χ0n) is 16.8. The van der Waals surface area contributed by atoms with Crippen molar-refractivity contribution >= 4 is 59.9 Å². The van der Waals surface area contributed by atoms with E-state index in [1.165, 1.54) is 59.9 Å². The fourth-order valence-electron chi connectivity index (χ4n) is 2.94. The number of hydrogen-bond donors (Lipinski definition) is 2. The molecule has 0 aliphatic heterocycles. The van der Waals surface area contributed by atoms with Crippen molar-refractivity contribution in [1.82, 2.24) is 4.98 Å². The van der Waals surface area contributed by atoms with Gasteiger partial charge in [0.05, 0.1) is 16.2 Å². The van der Waals surface area contributed by atoms with Crippen LogP contribution in [0.4, 0.5) is 10.8 Å². The Labute approximate surface area is 194 Å². The van der Waals surface area contributed by atoms with Gasteiger partial charge in [0.25, 0.3) is 15.9 Å². The average Bonchev–Trinajstić information content (AvgIpc) is 3.18. The molecule has 4 rings (SSSR count). The second-order valence-corrected chi connectivity index (χ2v) is 9.80. The number of aromatic nitrogens is 1. The molecule has 3 aromatic carbocycles. The van der Waals surface area contributed by atoms with Crippen molar-refractivity contribution in [3.8, 4) is 5.75 Å². The summed E-state index contributed by atoms with van der Waals surface area (Å²) < 4.78 is 33.9. The van der Waals surface area contributed by atoms with E-state index in [0.717, 1.165) is 4.70 Å². The number of nitrogens with one attached hydrogen (secondary N) is 2. The van der Waals surface area contributed by atoms with Gasteiger partial charge in [0, 0.05) is 16.3 Å². The average molecular weight is 488 g/mol. The highest BCUT2D eigenvalue weighted by atomic mass is 35.5. The lowest BCUT2D eigenvalue weighted by Gasteiger charge is -2.09.